The summed E-state index contributed by atoms with van der Waals surface area (Å²) in [5, 5.41) is 0. The highest BCUT2D eigenvalue weighted by Crippen LogP contribution is 2.30. The first kappa shape index (κ1) is 23.2. The highest BCUT2D eigenvalue weighted by molar-refractivity contribution is 5.15. The molecule has 172 valence electrons. The van der Waals surface area contributed by atoms with E-state index in [1.807, 2.05) is 91.0 Å². The standard InChI is InChI=1S/C28H30O5/c1-2-30-28-27(32-20-24-16-10-5-11-17-24)26(31-19-23-14-8-4-9-15-23)25(33-28)21-29-18-22-12-6-3-7-13-22/h2-17,25-28H,1,18-21H2/t25-,26-,27+,28-/m1/s1. The Bertz CT molecular complexity index is 948. The molecule has 0 unspecified atom stereocenters. The van der Waals surface area contributed by atoms with Crippen molar-refractivity contribution < 1.29 is 23.7 Å². The van der Waals surface area contributed by atoms with Crippen LogP contribution in [0.4, 0.5) is 0 Å². The number of rotatable bonds is 12. The van der Waals surface area contributed by atoms with Gasteiger partial charge in [-0.25, -0.2) is 0 Å². The van der Waals surface area contributed by atoms with Gasteiger partial charge >= 0.3 is 0 Å². The van der Waals surface area contributed by atoms with E-state index in [1.54, 1.807) is 0 Å². The van der Waals surface area contributed by atoms with E-state index in [-0.39, 0.29) is 12.2 Å². The molecule has 1 fully saturated rings. The van der Waals surface area contributed by atoms with Gasteiger partial charge in [0, 0.05) is 0 Å². The summed E-state index contributed by atoms with van der Waals surface area (Å²) >= 11 is 0. The molecular weight excluding hydrogens is 416 g/mol. The van der Waals surface area contributed by atoms with Crippen LogP contribution in [0.1, 0.15) is 16.7 Å². The van der Waals surface area contributed by atoms with Crippen LogP contribution in [0.25, 0.3) is 0 Å². The molecule has 4 rings (SSSR count). The normalized spacial score (nSPS) is 22.2. The van der Waals surface area contributed by atoms with Gasteiger partial charge in [-0.3, -0.25) is 0 Å². The number of benzene rings is 3. The van der Waals surface area contributed by atoms with Gasteiger partial charge in [-0.2, -0.15) is 0 Å². The molecule has 5 nitrogen and oxygen atoms in total. The first-order chi connectivity index (χ1) is 16.3. The van der Waals surface area contributed by atoms with Crippen LogP contribution < -0.4 is 0 Å². The maximum absolute atomic E-state index is 6.34. The molecule has 0 amide bonds. The molecule has 0 bridgehead atoms. The van der Waals surface area contributed by atoms with Crippen LogP contribution in [0.5, 0.6) is 0 Å². The van der Waals surface area contributed by atoms with E-state index < -0.39 is 12.4 Å². The predicted octanol–water partition coefficient (Wildman–Crippen LogP) is 5.26. The van der Waals surface area contributed by atoms with Crippen molar-refractivity contribution in [3.63, 3.8) is 0 Å². The van der Waals surface area contributed by atoms with Gasteiger partial charge in [0.15, 0.2) is 0 Å². The monoisotopic (exact) mass is 446 g/mol. The lowest BCUT2D eigenvalue weighted by Gasteiger charge is -2.24. The Morgan fingerprint density at radius 2 is 1.15 bits per heavy atom. The molecule has 4 atom stereocenters. The molecule has 1 heterocycles. The molecule has 3 aromatic rings. The van der Waals surface area contributed by atoms with Gasteiger partial charge < -0.3 is 23.7 Å². The molecular formula is C28H30O5. The Balaban J connectivity index is 1.45. The molecule has 1 aliphatic heterocycles. The zero-order valence-electron chi connectivity index (χ0n) is 18.6. The SMILES string of the molecule is C=CO[C@@H]1O[C@H](COCc2ccccc2)[C@@H](OCc2ccccc2)[C@@H]1OCc1ccccc1. The third-order valence-electron chi connectivity index (χ3n) is 5.46. The van der Waals surface area contributed by atoms with Gasteiger partial charge in [0.2, 0.25) is 6.29 Å². The largest absolute Gasteiger partial charge is 0.470 e. The van der Waals surface area contributed by atoms with Crippen LogP contribution in [0.3, 0.4) is 0 Å². The van der Waals surface area contributed by atoms with Gasteiger partial charge in [0.25, 0.3) is 0 Å². The Kier molecular flexibility index (Phi) is 8.67. The minimum atomic E-state index is -0.627. The Hall–Kier alpha value is -2.96. The Labute approximate surface area is 195 Å². The van der Waals surface area contributed by atoms with Crippen LogP contribution in [0.2, 0.25) is 0 Å². The van der Waals surface area contributed by atoms with Gasteiger partial charge in [-0.1, -0.05) is 97.6 Å². The zero-order valence-corrected chi connectivity index (χ0v) is 18.6. The molecule has 0 N–H and O–H groups in total. The molecule has 33 heavy (non-hydrogen) atoms. The van der Waals surface area contributed by atoms with Gasteiger partial charge in [0.1, 0.15) is 18.3 Å². The van der Waals surface area contributed by atoms with Crippen molar-refractivity contribution in [2.24, 2.45) is 0 Å². The summed E-state index contributed by atoms with van der Waals surface area (Å²) in [6.07, 6.45) is -0.391. The van der Waals surface area contributed by atoms with Gasteiger partial charge in [-0.05, 0) is 16.7 Å². The molecule has 1 saturated heterocycles. The third kappa shape index (κ3) is 6.76. The quantitative estimate of drug-likeness (QED) is 0.355. The fourth-order valence-corrected chi connectivity index (χ4v) is 3.81. The lowest BCUT2D eigenvalue weighted by atomic mass is 10.1. The molecule has 3 aromatic carbocycles. The van der Waals surface area contributed by atoms with Crippen molar-refractivity contribution in [2.75, 3.05) is 6.61 Å². The zero-order chi connectivity index (χ0) is 22.7. The fraction of sp³-hybridized carbons (Fsp3) is 0.286. The van der Waals surface area contributed by atoms with E-state index in [9.17, 15) is 0 Å². The number of hydrogen-bond donors (Lipinski definition) is 0. The molecule has 5 heteroatoms. The topological polar surface area (TPSA) is 46.2 Å². The second-order valence-corrected chi connectivity index (χ2v) is 7.87. The van der Waals surface area contributed by atoms with Crippen molar-refractivity contribution in [2.45, 2.75) is 44.4 Å². The van der Waals surface area contributed by atoms with Crippen LogP contribution in [-0.2, 0) is 43.5 Å². The molecule has 0 aromatic heterocycles. The average Bonchev–Trinajstić information content (AvgIpc) is 3.19. The first-order valence-corrected chi connectivity index (χ1v) is 11.2. The van der Waals surface area contributed by atoms with Crippen molar-refractivity contribution in [1.29, 1.82) is 0 Å². The fourth-order valence-electron chi connectivity index (χ4n) is 3.81. The van der Waals surface area contributed by atoms with Crippen molar-refractivity contribution >= 4 is 0 Å². The molecule has 1 aliphatic rings. The van der Waals surface area contributed by atoms with E-state index in [4.69, 9.17) is 23.7 Å². The van der Waals surface area contributed by atoms with E-state index in [1.165, 1.54) is 6.26 Å². The lowest BCUT2D eigenvalue weighted by Crippen LogP contribution is -2.39. The van der Waals surface area contributed by atoms with Crippen LogP contribution in [0.15, 0.2) is 104 Å². The van der Waals surface area contributed by atoms with Crippen molar-refractivity contribution in [1.82, 2.24) is 0 Å². The van der Waals surface area contributed by atoms with E-state index in [0.29, 0.717) is 26.4 Å². The number of hydrogen-bond acceptors (Lipinski definition) is 5. The average molecular weight is 447 g/mol. The van der Waals surface area contributed by atoms with E-state index >= 15 is 0 Å². The summed E-state index contributed by atoms with van der Waals surface area (Å²) < 4.78 is 30.4. The summed E-state index contributed by atoms with van der Waals surface area (Å²) in [6, 6.07) is 30.1. The summed E-state index contributed by atoms with van der Waals surface area (Å²) in [6.45, 7) is 5.41. The third-order valence-corrected chi connectivity index (χ3v) is 5.46. The Morgan fingerprint density at radius 1 is 0.667 bits per heavy atom. The highest BCUT2D eigenvalue weighted by Gasteiger charge is 2.47. The summed E-state index contributed by atoms with van der Waals surface area (Å²) in [7, 11) is 0. The van der Waals surface area contributed by atoms with Crippen molar-refractivity contribution in [3.05, 3.63) is 121 Å². The molecule has 0 spiro atoms. The maximum Gasteiger partial charge on any atom is 0.228 e. The van der Waals surface area contributed by atoms with E-state index in [0.717, 1.165) is 16.7 Å². The van der Waals surface area contributed by atoms with Crippen LogP contribution in [-0.4, -0.2) is 31.2 Å². The lowest BCUT2D eigenvalue weighted by molar-refractivity contribution is -0.157. The smallest absolute Gasteiger partial charge is 0.228 e. The van der Waals surface area contributed by atoms with Crippen LogP contribution >= 0.6 is 0 Å². The second-order valence-electron chi connectivity index (χ2n) is 7.87. The second kappa shape index (κ2) is 12.3. The first-order valence-electron chi connectivity index (χ1n) is 11.2. The van der Waals surface area contributed by atoms with Gasteiger partial charge in [0.05, 0.1) is 32.7 Å². The highest BCUT2D eigenvalue weighted by atomic mass is 16.7. The molecule has 0 aliphatic carbocycles. The minimum absolute atomic E-state index is 0.344. The summed E-state index contributed by atoms with van der Waals surface area (Å²) in [4.78, 5) is 0. The summed E-state index contributed by atoms with van der Waals surface area (Å²) in [5.41, 5.74) is 3.25. The summed E-state index contributed by atoms with van der Waals surface area (Å²) in [5.74, 6) is 0. The van der Waals surface area contributed by atoms with Crippen molar-refractivity contribution in [3.8, 4) is 0 Å². The predicted molar refractivity (Wildman–Crippen MR) is 126 cm³/mol. The molecule has 0 saturated carbocycles. The maximum atomic E-state index is 6.34. The minimum Gasteiger partial charge on any atom is -0.470 e. The van der Waals surface area contributed by atoms with Gasteiger partial charge in [-0.15, -0.1) is 0 Å². The van der Waals surface area contributed by atoms with E-state index in [2.05, 4.69) is 6.58 Å². The Morgan fingerprint density at radius 3 is 1.67 bits per heavy atom. The molecule has 0 radical (unpaired) electrons. The number of ether oxygens (including phenoxy) is 5. The van der Waals surface area contributed by atoms with Crippen LogP contribution in [0, 0.1) is 0 Å².